The second kappa shape index (κ2) is 4.70. The third kappa shape index (κ3) is 2.73. The fourth-order valence-corrected chi connectivity index (χ4v) is 4.21. The van der Waals surface area contributed by atoms with Gasteiger partial charge in [0.15, 0.2) is 9.84 Å². The third-order valence-electron chi connectivity index (χ3n) is 3.43. The summed E-state index contributed by atoms with van der Waals surface area (Å²) in [5, 5.41) is 8.58. The first-order chi connectivity index (χ1) is 7.61. The molecule has 0 aromatic rings. The summed E-state index contributed by atoms with van der Waals surface area (Å²) in [5.41, 5.74) is 0. The molecule has 6 heteroatoms. The molecule has 0 aliphatic carbocycles. The van der Waals surface area contributed by atoms with Crippen molar-refractivity contribution < 1.29 is 8.42 Å². The standard InChI is InChI=1S/C10H17N3O2S/c11-2-3-12-4-6-13(7-5-12)10-1-8-16(14,15)9-10/h10H,1,3-9H2. The Hall–Kier alpha value is -0.640. The Morgan fingerprint density at radius 3 is 2.44 bits per heavy atom. The molecule has 16 heavy (non-hydrogen) atoms. The van der Waals surface area contributed by atoms with Crippen LogP contribution in [0.5, 0.6) is 0 Å². The summed E-state index contributed by atoms with van der Waals surface area (Å²) >= 11 is 0. The average Bonchev–Trinajstić information content (AvgIpc) is 2.61. The number of rotatable bonds is 2. The van der Waals surface area contributed by atoms with Gasteiger partial charge in [0.05, 0.1) is 24.1 Å². The highest BCUT2D eigenvalue weighted by molar-refractivity contribution is 7.91. The molecule has 0 N–H and O–H groups in total. The maximum absolute atomic E-state index is 11.4. The highest BCUT2D eigenvalue weighted by atomic mass is 32.2. The minimum atomic E-state index is -2.78. The van der Waals surface area contributed by atoms with Gasteiger partial charge >= 0.3 is 0 Å². The number of nitrogens with zero attached hydrogens (tertiary/aromatic N) is 3. The van der Waals surface area contributed by atoms with Crippen molar-refractivity contribution in [3.8, 4) is 6.07 Å². The van der Waals surface area contributed by atoms with Crippen molar-refractivity contribution in [2.75, 3.05) is 44.2 Å². The van der Waals surface area contributed by atoms with Crippen LogP contribution in [0.2, 0.25) is 0 Å². The SMILES string of the molecule is N#CCN1CCN(C2CCS(=O)(=O)C2)CC1. The van der Waals surface area contributed by atoms with Crippen LogP contribution in [0.1, 0.15) is 6.42 Å². The van der Waals surface area contributed by atoms with Gasteiger partial charge in [0.1, 0.15) is 0 Å². The molecule has 0 spiro atoms. The van der Waals surface area contributed by atoms with Crippen LogP contribution < -0.4 is 0 Å². The maximum atomic E-state index is 11.4. The van der Waals surface area contributed by atoms with Gasteiger partial charge in [-0.05, 0) is 6.42 Å². The lowest BCUT2D eigenvalue weighted by atomic mass is 10.2. The molecule has 0 radical (unpaired) electrons. The van der Waals surface area contributed by atoms with Crippen molar-refractivity contribution >= 4 is 9.84 Å². The zero-order valence-electron chi connectivity index (χ0n) is 9.30. The Balaban J connectivity index is 1.84. The number of sulfone groups is 1. The van der Waals surface area contributed by atoms with Crippen LogP contribution in [0, 0.1) is 11.3 Å². The molecule has 90 valence electrons. The van der Waals surface area contributed by atoms with Crippen molar-refractivity contribution in [1.82, 2.24) is 9.80 Å². The number of hydrogen-bond acceptors (Lipinski definition) is 5. The lowest BCUT2D eigenvalue weighted by Gasteiger charge is -2.36. The van der Waals surface area contributed by atoms with Crippen LogP contribution in [0.3, 0.4) is 0 Å². The average molecular weight is 243 g/mol. The van der Waals surface area contributed by atoms with Crippen LogP contribution in [-0.2, 0) is 9.84 Å². The first-order valence-electron chi connectivity index (χ1n) is 5.64. The first-order valence-corrected chi connectivity index (χ1v) is 7.47. The quantitative estimate of drug-likeness (QED) is 0.601. The van der Waals surface area contributed by atoms with Gasteiger partial charge in [-0.15, -0.1) is 0 Å². The van der Waals surface area contributed by atoms with Crippen LogP contribution in [0.15, 0.2) is 0 Å². The number of nitriles is 1. The topological polar surface area (TPSA) is 64.4 Å². The minimum absolute atomic E-state index is 0.217. The van der Waals surface area contributed by atoms with Gasteiger partial charge in [-0.2, -0.15) is 5.26 Å². The van der Waals surface area contributed by atoms with E-state index >= 15 is 0 Å². The van der Waals surface area contributed by atoms with Gasteiger partial charge in [0.2, 0.25) is 0 Å². The zero-order chi connectivity index (χ0) is 11.6. The number of hydrogen-bond donors (Lipinski definition) is 0. The second-order valence-electron chi connectivity index (χ2n) is 4.53. The summed E-state index contributed by atoms with van der Waals surface area (Å²) in [4.78, 5) is 4.37. The molecular formula is C10H17N3O2S. The monoisotopic (exact) mass is 243 g/mol. The molecule has 1 unspecified atom stereocenters. The zero-order valence-corrected chi connectivity index (χ0v) is 10.1. The van der Waals surface area contributed by atoms with E-state index in [0.29, 0.717) is 18.1 Å². The molecule has 2 rings (SSSR count). The van der Waals surface area contributed by atoms with E-state index in [1.54, 1.807) is 0 Å². The molecule has 0 amide bonds. The normalized spacial score (nSPS) is 31.3. The molecule has 1 atom stereocenters. The second-order valence-corrected chi connectivity index (χ2v) is 6.76. The largest absolute Gasteiger partial charge is 0.297 e. The molecule has 5 nitrogen and oxygen atoms in total. The summed E-state index contributed by atoms with van der Waals surface area (Å²) in [6, 6.07) is 2.36. The van der Waals surface area contributed by atoms with Gasteiger partial charge in [-0.3, -0.25) is 9.80 Å². The molecular weight excluding hydrogens is 226 g/mol. The van der Waals surface area contributed by atoms with Crippen molar-refractivity contribution in [3.63, 3.8) is 0 Å². The Morgan fingerprint density at radius 1 is 1.25 bits per heavy atom. The molecule has 0 aromatic carbocycles. The van der Waals surface area contributed by atoms with Gasteiger partial charge < -0.3 is 0 Å². The first kappa shape index (κ1) is 11.8. The van der Waals surface area contributed by atoms with E-state index in [2.05, 4.69) is 15.9 Å². The predicted octanol–water partition coefficient (Wildman–Crippen LogP) is -0.685. The van der Waals surface area contributed by atoms with Crippen LogP contribution in [0.4, 0.5) is 0 Å². The Bertz CT molecular complexity index is 379. The lowest BCUT2D eigenvalue weighted by Crippen LogP contribution is -2.50. The minimum Gasteiger partial charge on any atom is -0.297 e. The Kier molecular flexibility index (Phi) is 3.47. The molecule has 2 aliphatic heterocycles. The third-order valence-corrected chi connectivity index (χ3v) is 5.18. The smallest absolute Gasteiger partial charge is 0.151 e. The van der Waals surface area contributed by atoms with Gasteiger partial charge in [-0.1, -0.05) is 0 Å². The van der Waals surface area contributed by atoms with E-state index in [1.165, 1.54) is 0 Å². The molecule has 0 saturated carbocycles. The molecule has 2 saturated heterocycles. The summed E-state index contributed by atoms with van der Waals surface area (Å²) in [6.07, 6.45) is 0.778. The fourth-order valence-electron chi connectivity index (χ4n) is 2.45. The molecule has 0 bridgehead atoms. The van der Waals surface area contributed by atoms with E-state index in [0.717, 1.165) is 32.6 Å². The highest BCUT2D eigenvalue weighted by Gasteiger charge is 2.33. The summed E-state index contributed by atoms with van der Waals surface area (Å²) in [5.74, 6) is 0.668. The van der Waals surface area contributed by atoms with Gasteiger partial charge in [0, 0.05) is 32.2 Å². The summed E-state index contributed by atoms with van der Waals surface area (Å²) in [7, 11) is -2.78. The van der Waals surface area contributed by atoms with Gasteiger partial charge in [-0.25, -0.2) is 8.42 Å². The molecule has 2 fully saturated rings. The van der Waals surface area contributed by atoms with Crippen molar-refractivity contribution in [2.45, 2.75) is 12.5 Å². The Morgan fingerprint density at radius 2 is 1.94 bits per heavy atom. The molecule has 0 aromatic heterocycles. The maximum Gasteiger partial charge on any atom is 0.151 e. The number of piperazine rings is 1. The Labute approximate surface area is 96.5 Å². The van der Waals surface area contributed by atoms with E-state index in [9.17, 15) is 8.42 Å². The van der Waals surface area contributed by atoms with Crippen LogP contribution in [0.25, 0.3) is 0 Å². The van der Waals surface area contributed by atoms with Crippen molar-refractivity contribution in [3.05, 3.63) is 0 Å². The summed E-state index contributed by atoms with van der Waals surface area (Å²) in [6.45, 7) is 4.02. The van der Waals surface area contributed by atoms with Crippen LogP contribution >= 0.6 is 0 Å². The fraction of sp³-hybridized carbons (Fsp3) is 0.900. The highest BCUT2D eigenvalue weighted by Crippen LogP contribution is 2.18. The van der Waals surface area contributed by atoms with E-state index in [-0.39, 0.29) is 6.04 Å². The van der Waals surface area contributed by atoms with E-state index in [1.807, 2.05) is 0 Å². The van der Waals surface area contributed by atoms with Gasteiger partial charge in [0.25, 0.3) is 0 Å². The van der Waals surface area contributed by atoms with Crippen molar-refractivity contribution in [1.29, 1.82) is 5.26 Å². The lowest BCUT2D eigenvalue weighted by molar-refractivity contribution is 0.113. The molecule has 2 aliphatic rings. The molecule has 2 heterocycles. The van der Waals surface area contributed by atoms with Crippen molar-refractivity contribution in [2.24, 2.45) is 0 Å². The summed E-state index contributed by atoms with van der Waals surface area (Å²) < 4.78 is 22.7. The predicted molar refractivity (Wildman–Crippen MR) is 60.7 cm³/mol. The van der Waals surface area contributed by atoms with E-state index in [4.69, 9.17) is 5.26 Å². The van der Waals surface area contributed by atoms with E-state index < -0.39 is 9.84 Å². The van der Waals surface area contributed by atoms with Crippen LogP contribution in [-0.4, -0.2) is 68.5 Å².